The van der Waals surface area contributed by atoms with Crippen LogP contribution in [0.15, 0.2) is 47.5 Å². The van der Waals surface area contributed by atoms with Crippen LogP contribution in [0.5, 0.6) is 0 Å². The Balaban J connectivity index is 2.06. The molecule has 2 aromatic carbocycles. The summed E-state index contributed by atoms with van der Waals surface area (Å²) < 4.78 is 7.33. The molecule has 1 aliphatic rings. The van der Waals surface area contributed by atoms with Gasteiger partial charge in [0.1, 0.15) is 5.82 Å². The molecule has 7 heteroatoms. The molecule has 1 atom stereocenters. The predicted molar refractivity (Wildman–Crippen MR) is 97.9 cm³/mol. The van der Waals surface area contributed by atoms with Gasteiger partial charge in [-0.25, -0.2) is 14.7 Å². The van der Waals surface area contributed by atoms with Gasteiger partial charge in [0.05, 0.1) is 11.4 Å². The third-order valence-corrected chi connectivity index (χ3v) is 4.56. The number of hydrogen-bond donors (Lipinski definition) is 0. The molecule has 0 aliphatic carbocycles. The van der Waals surface area contributed by atoms with E-state index in [-0.39, 0.29) is 0 Å². The van der Waals surface area contributed by atoms with Crippen molar-refractivity contribution in [2.75, 3.05) is 7.11 Å². The van der Waals surface area contributed by atoms with E-state index < -0.39 is 6.23 Å². The van der Waals surface area contributed by atoms with Gasteiger partial charge in [0.25, 0.3) is 0 Å². The van der Waals surface area contributed by atoms with Crippen molar-refractivity contribution in [1.29, 1.82) is 0 Å². The quantitative estimate of drug-likeness (QED) is 0.670. The van der Waals surface area contributed by atoms with Crippen LogP contribution in [0.1, 0.15) is 29.0 Å². The largest absolute Gasteiger partial charge is 0.353 e. The molecule has 1 aliphatic heterocycles. The maximum atomic E-state index is 6.43. The zero-order valence-corrected chi connectivity index (χ0v) is 15.1. The van der Waals surface area contributed by atoms with Crippen LogP contribution in [-0.2, 0) is 4.74 Å². The van der Waals surface area contributed by atoms with E-state index in [1.54, 1.807) is 11.8 Å². The van der Waals surface area contributed by atoms with Gasteiger partial charge in [-0.15, -0.1) is 0 Å². The van der Waals surface area contributed by atoms with Crippen LogP contribution in [0.25, 0.3) is 5.69 Å². The Labute approximate surface area is 154 Å². The summed E-state index contributed by atoms with van der Waals surface area (Å²) in [5.74, 6) is 1.26. The summed E-state index contributed by atoms with van der Waals surface area (Å²) in [7, 11) is 1.59. The van der Waals surface area contributed by atoms with Crippen LogP contribution in [0.3, 0.4) is 0 Å². The molecule has 1 unspecified atom stereocenters. The normalized spacial score (nSPS) is 16.0. The summed E-state index contributed by atoms with van der Waals surface area (Å²) in [4.78, 5) is 9.28. The molecule has 4 rings (SSSR count). The van der Waals surface area contributed by atoms with Crippen LogP contribution in [-0.4, -0.2) is 27.6 Å². The standard InChI is InChI=1S/C18H14Cl2N4O/c1-10-21-17-18(25-2)22-16(12-5-3-4-6-14(12)20)13-9-11(19)7-8-15(13)24(17)23-10/h3-9,18H,1-2H3. The maximum absolute atomic E-state index is 6.43. The first-order valence-electron chi connectivity index (χ1n) is 7.68. The average molecular weight is 373 g/mol. The fraction of sp³-hybridized carbons (Fsp3) is 0.167. The third-order valence-electron chi connectivity index (χ3n) is 4.00. The molecule has 0 radical (unpaired) electrons. The molecule has 0 N–H and O–H groups in total. The predicted octanol–water partition coefficient (Wildman–Crippen LogP) is 4.38. The van der Waals surface area contributed by atoms with Crippen LogP contribution >= 0.6 is 23.2 Å². The highest BCUT2D eigenvalue weighted by molar-refractivity contribution is 6.36. The van der Waals surface area contributed by atoms with Crippen LogP contribution < -0.4 is 0 Å². The van der Waals surface area contributed by atoms with Gasteiger partial charge in [0.2, 0.25) is 6.23 Å². The molecular weight excluding hydrogens is 359 g/mol. The van der Waals surface area contributed by atoms with Gasteiger partial charge in [-0.05, 0) is 31.2 Å². The van der Waals surface area contributed by atoms with E-state index in [1.165, 1.54) is 0 Å². The lowest BCUT2D eigenvalue weighted by Gasteiger charge is -2.12. The van der Waals surface area contributed by atoms with Crippen LogP contribution in [0.2, 0.25) is 10.0 Å². The van der Waals surface area contributed by atoms with Crippen LogP contribution in [0.4, 0.5) is 0 Å². The minimum Gasteiger partial charge on any atom is -0.353 e. The van der Waals surface area contributed by atoms with Gasteiger partial charge in [0.15, 0.2) is 5.82 Å². The molecule has 0 fully saturated rings. The second kappa shape index (κ2) is 6.26. The third kappa shape index (κ3) is 2.74. The molecule has 3 aromatic rings. The lowest BCUT2D eigenvalue weighted by Crippen LogP contribution is -2.08. The first-order chi connectivity index (χ1) is 12.1. The Morgan fingerprint density at radius 3 is 2.64 bits per heavy atom. The van der Waals surface area contributed by atoms with E-state index in [1.807, 2.05) is 49.4 Å². The molecule has 0 saturated carbocycles. The van der Waals surface area contributed by atoms with Gasteiger partial charge >= 0.3 is 0 Å². The monoisotopic (exact) mass is 372 g/mol. The van der Waals surface area contributed by atoms with Crippen molar-refractivity contribution in [1.82, 2.24) is 14.8 Å². The fourth-order valence-corrected chi connectivity index (χ4v) is 3.32. The van der Waals surface area contributed by atoms with Crippen molar-refractivity contribution in [3.05, 3.63) is 75.3 Å². The second-order valence-corrected chi connectivity index (χ2v) is 6.48. The number of aromatic nitrogens is 3. The van der Waals surface area contributed by atoms with E-state index in [2.05, 4.69) is 10.1 Å². The zero-order chi connectivity index (χ0) is 17.6. The van der Waals surface area contributed by atoms with Crippen LogP contribution in [0, 0.1) is 6.92 Å². The number of nitrogens with zero attached hydrogens (tertiary/aromatic N) is 4. The van der Waals surface area contributed by atoms with E-state index in [0.717, 1.165) is 16.8 Å². The van der Waals surface area contributed by atoms with Crippen molar-refractivity contribution in [2.45, 2.75) is 13.2 Å². The highest BCUT2D eigenvalue weighted by Crippen LogP contribution is 2.33. The highest BCUT2D eigenvalue weighted by atomic mass is 35.5. The van der Waals surface area contributed by atoms with E-state index in [9.17, 15) is 0 Å². The molecule has 25 heavy (non-hydrogen) atoms. The summed E-state index contributed by atoms with van der Waals surface area (Å²) in [5, 5.41) is 5.71. The van der Waals surface area contributed by atoms with Gasteiger partial charge < -0.3 is 4.74 Å². The minimum absolute atomic E-state index is 0.598. The fourth-order valence-electron chi connectivity index (χ4n) is 2.92. The SMILES string of the molecule is COC1N=C(c2ccccc2Cl)c2cc(Cl)ccc2-n2nc(C)nc21. The molecule has 0 bridgehead atoms. The molecule has 0 spiro atoms. The van der Waals surface area contributed by atoms with E-state index >= 15 is 0 Å². The number of methoxy groups -OCH3 is 1. The first-order valence-corrected chi connectivity index (χ1v) is 8.43. The number of fused-ring (bicyclic) bond motifs is 3. The molecule has 0 saturated heterocycles. The van der Waals surface area contributed by atoms with Crippen molar-refractivity contribution >= 4 is 28.9 Å². The zero-order valence-electron chi connectivity index (χ0n) is 13.6. The molecule has 2 heterocycles. The lowest BCUT2D eigenvalue weighted by molar-refractivity contribution is 0.102. The van der Waals surface area contributed by atoms with Crippen molar-refractivity contribution in [2.24, 2.45) is 4.99 Å². The number of rotatable bonds is 2. The Morgan fingerprint density at radius 1 is 1.08 bits per heavy atom. The number of hydrogen-bond acceptors (Lipinski definition) is 4. The summed E-state index contributed by atoms with van der Waals surface area (Å²) in [6, 6.07) is 13.1. The number of ether oxygens (including phenoxy) is 1. The lowest BCUT2D eigenvalue weighted by atomic mass is 10.0. The molecule has 1 aromatic heterocycles. The Morgan fingerprint density at radius 2 is 1.88 bits per heavy atom. The van der Waals surface area contributed by atoms with E-state index in [4.69, 9.17) is 32.9 Å². The highest BCUT2D eigenvalue weighted by Gasteiger charge is 2.28. The Hall–Kier alpha value is -2.21. The van der Waals surface area contributed by atoms with Crippen molar-refractivity contribution in [3.8, 4) is 5.69 Å². The van der Waals surface area contributed by atoms with E-state index in [0.29, 0.717) is 27.4 Å². The maximum Gasteiger partial charge on any atom is 0.209 e. The number of aliphatic imine (C=N–C) groups is 1. The first kappa shape index (κ1) is 16.3. The topological polar surface area (TPSA) is 52.3 Å². The van der Waals surface area contributed by atoms with Gasteiger partial charge in [-0.1, -0.05) is 41.4 Å². The molecule has 126 valence electrons. The summed E-state index contributed by atoms with van der Waals surface area (Å²) in [6.07, 6.45) is -0.598. The minimum atomic E-state index is -0.598. The number of aryl methyl sites for hydroxylation is 1. The molecule has 0 amide bonds. The van der Waals surface area contributed by atoms with Gasteiger partial charge in [-0.3, -0.25) is 0 Å². The summed E-state index contributed by atoms with van der Waals surface area (Å²) in [6.45, 7) is 1.84. The number of halogens is 2. The smallest absolute Gasteiger partial charge is 0.209 e. The van der Waals surface area contributed by atoms with Crippen molar-refractivity contribution in [3.63, 3.8) is 0 Å². The number of benzene rings is 2. The summed E-state index contributed by atoms with van der Waals surface area (Å²) in [5.41, 5.74) is 3.15. The Bertz CT molecular complexity index is 996. The van der Waals surface area contributed by atoms with Gasteiger partial charge in [0, 0.05) is 28.3 Å². The van der Waals surface area contributed by atoms with Crippen molar-refractivity contribution < 1.29 is 4.74 Å². The molecule has 5 nitrogen and oxygen atoms in total. The summed E-state index contributed by atoms with van der Waals surface area (Å²) >= 11 is 12.7. The van der Waals surface area contributed by atoms with Gasteiger partial charge in [-0.2, -0.15) is 5.10 Å². The molecular formula is C18H14Cl2N4O. The second-order valence-electron chi connectivity index (χ2n) is 5.64. The average Bonchev–Trinajstić information content (AvgIpc) is 2.93. The Kier molecular flexibility index (Phi) is 4.07.